The van der Waals surface area contributed by atoms with Crippen LogP contribution < -0.4 is 10.2 Å². The molecule has 0 atom stereocenters. The van der Waals surface area contributed by atoms with Crippen molar-refractivity contribution in [2.24, 2.45) is 0 Å². The topological polar surface area (TPSA) is 53.9 Å². The first-order valence-corrected chi connectivity index (χ1v) is 9.08. The van der Waals surface area contributed by atoms with Crippen LogP contribution in [-0.4, -0.2) is 21.7 Å². The van der Waals surface area contributed by atoms with Gasteiger partial charge >= 0.3 is 0 Å². The molecule has 0 radical (unpaired) electrons. The molecule has 3 aromatic rings. The van der Waals surface area contributed by atoms with E-state index in [1.807, 2.05) is 12.1 Å². The van der Waals surface area contributed by atoms with Crippen LogP contribution >= 0.6 is 15.9 Å². The van der Waals surface area contributed by atoms with Crippen LogP contribution in [0.4, 0.5) is 23.1 Å². The normalized spacial score (nSPS) is 13.4. The van der Waals surface area contributed by atoms with Gasteiger partial charge < -0.3 is 10.2 Å². The molecule has 25 heavy (non-hydrogen) atoms. The molecule has 5 nitrogen and oxygen atoms in total. The zero-order valence-electron chi connectivity index (χ0n) is 13.9. The fourth-order valence-electron chi connectivity index (χ4n) is 3.12. The van der Waals surface area contributed by atoms with Gasteiger partial charge in [0.1, 0.15) is 0 Å². The first-order chi connectivity index (χ1) is 12.2. The highest BCUT2D eigenvalue weighted by atomic mass is 79.9. The molecule has 0 saturated heterocycles. The average Bonchev–Trinajstić information content (AvgIpc) is 2.64. The highest BCUT2D eigenvalue weighted by Crippen LogP contribution is 2.31. The number of nitrogens with one attached hydrogen (secondary N) is 1. The number of anilines is 4. The van der Waals surface area contributed by atoms with Crippen molar-refractivity contribution in [2.45, 2.75) is 19.8 Å². The van der Waals surface area contributed by atoms with Crippen LogP contribution in [0.2, 0.25) is 0 Å². The summed E-state index contributed by atoms with van der Waals surface area (Å²) in [6.45, 7) is 2.96. The van der Waals surface area contributed by atoms with Gasteiger partial charge in [-0.1, -0.05) is 34.1 Å². The van der Waals surface area contributed by atoms with Crippen LogP contribution in [-0.2, 0) is 6.42 Å². The Morgan fingerprint density at radius 3 is 2.92 bits per heavy atom. The van der Waals surface area contributed by atoms with E-state index in [1.54, 1.807) is 6.20 Å². The maximum Gasteiger partial charge on any atom is 0.251 e. The van der Waals surface area contributed by atoms with Crippen LogP contribution in [0, 0.1) is 6.92 Å². The number of halogens is 1. The SMILES string of the molecule is Cc1cc(Br)ccc1Nc1cnnc(N2CCCc3ccccc32)n1. The lowest BCUT2D eigenvalue weighted by Crippen LogP contribution is -2.26. The number of aryl methyl sites for hydroxylation is 2. The van der Waals surface area contributed by atoms with Gasteiger partial charge in [-0.05, 0) is 55.2 Å². The third kappa shape index (κ3) is 3.35. The summed E-state index contributed by atoms with van der Waals surface area (Å²) < 4.78 is 1.06. The lowest BCUT2D eigenvalue weighted by Gasteiger charge is -2.29. The van der Waals surface area contributed by atoms with Crippen LogP contribution in [0.15, 0.2) is 53.1 Å². The van der Waals surface area contributed by atoms with E-state index in [-0.39, 0.29) is 0 Å². The smallest absolute Gasteiger partial charge is 0.251 e. The Hall–Kier alpha value is -2.47. The van der Waals surface area contributed by atoms with Gasteiger partial charge in [0, 0.05) is 22.4 Å². The molecule has 6 heteroatoms. The summed E-state index contributed by atoms with van der Waals surface area (Å²) in [6, 6.07) is 14.5. The van der Waals surface area contributed by atoms with Gasteiger partial charge in [-0.15, -0.1) is 5.10 Å². The Labute approximate surface area is 155 Å². The molecule has 0 saturated carbocycles. The Balaban J connectivity index is 1.64. The summed E-state index contributed by atoms with van der Waals surface area (Å²) >= 11 is 3.49. The van der Waals surface area contributed by atoms with Gasteiger partial charge in [0.25, 0.3) is 5.95 Å². The van der Waals surface area contributed by atoms with E-state index < -0.39 is 0 Å². The average molecular weight is 396 g/mol. The molecule has 0 aliphatic carbocycles. The van der Waals surface area contributed by atoms with E-state index in [4.69, 9.17) is 0 Å². The van der Waals surface area contributed by atoms with E-state index >= 15 is 0 Å². The van der Waals surface area contributed by atoms with Crippen LogP contribution in [0.25, 0.3) is 0 Å². The second-order valence-electron chi connectivity index (χ2n) is 6.11. The van der Waals surface area contributed by atoms with Crippen molar-refractivity contribution in [1.29, 1.82) is 0 Å². The van der Waals surface area contributed by atoms with E-state index in [0.29, 0.717) is 11.8 Å². The Morgan fingerprint density at radius 1 is 1.16 bits per heavy atom. The summed E-state index contributed by atoms with van der Waals surface area (Å²) in [5, 5.41) is 11.7. The number of hydrogen-bond donors (Lipinski definition) is 1. The predicted molar refractivity (Wildman–Crippen MR) is 104 cm³/mol. The molecule has 1 N–H and O–H groups in total. The van der Waals surface area contributed by atoms with E-state index in [0.717, 1.165) is 35.1 Å². The summed E-state index contributed by atoms with van der Waals surface area (Å²) in [5.74, 6) is 1.32. The predicted octanol–water partition coefficient (Wildman–Crippen LogP) is 4.77. The highest BCUT2D eigenvalue weighted by molar-refractivity contribution is 9.10. The third-order valence-corrected chi connectivity index (χ3v) is 4.84. The maximum atomic E-state index is 4.68. The van der Waals surface area contributed by atoms with E-state index in [9.17, 15) is 0 Å². The van der Waals surface area contributed by atoms with E-state index in [1.165, 1.54) is 11.3 Å². The van der Waals surface area contributed by atoms with Crippen molar-refractivity contribution in [3.05, 3.63) is 64.3 Å². The summed E-state index contributed by atoms with van der Waals surface area (Å²) in [7, 11) is 0. The quantitative estimate of drug-likeness (QED) is 0.691. The molecule has 2 aromatic carbocycles. The first kappa shape index (κ1) is 16.0. The minimum Gasteiger partial charge on any atom is -0.339 e. The van der Waals surface area contributed by atoms with Crippen LogP contribution in [0.3, 0.4) is 0 Å². The molecule has 0 spiro atoms. The van der Waals surface area contributed by atoms with Crippen molar-refractivity contribution in [1.82, 2.24) is 15.2 Å². The van der Waals surface area contributed by atoms with Gasteiger partial charge in [-0.25, -0.2) is 0 Å². The minimum absolute atomic E-state index is 0.631. The van der Waals surface area contributed by atoms with Gasteiger partial charge in [-0.3, -0.25) is 0 Å². The Morgan fingerprint density at radius 2 is 2.04 bits per heavy atom. The summed E-state index contributed by atoms with van der Waals surface area (Å²) in [4.78, 5) is 6.83. The van der Waals surface area contributed by atoms with Gasteiger partial charge in [0.15, 0.2) is 5.82 Å². The molecule has 0 bridgehead atoms. The summed E-state index contributed by atoms with van der Waals surface area (Å²) in [6.07, 6.45) is 3.83. The van der Waals surface area contributed by atoms with Gasteiger partial charge in [0.2, 0.25) is 0 Å². The minimum atomic E-state index is 0.631. The maximum absolute atomic E-state index is 4.68. The van der Waals surface area contributed by atoms with Crippen molar-refractivity contribution in [2.75, 3.05) is 16.8 Å². The number of para-hydroxylation sites is 1. The number of benzene rings is 2. The molecule has 126 valence electrons. The number of fused-ring (bicyclic) bond motifs is 1. The van der Waals surface area contributed by atoms with E-state index in [2.05, 4.69) is 78.6 Å². The second kappa shape index (κ2) is 6.80. The standard InChI is InChI=1S/C19H18BrN5/c1-13-11-15(20)8-9-16(13)22-18-12-21-24-19(23-18)25-10-4-6-14-5-2-3-7-17(14)25/h2-3,5,7-9,11-12H,4,6,10H2,1H3,(H,22,23,24). The largest absolute Gasteiger partial charge is 0.339 e. The molecule has 1 aliphatic heterocycles. The first-order valence-electron chi connectivity index (χ1n) is 8.29. The molecule has 0 fully saturated rings. The lowest BCUT2D eigenvalue weighted by molar-refractivity contribution is 0.742. The van der Waals surface area contributed by atoms with Crippen molar-refractivity contribution in [3.8, 4) is 0 Å². The van der Waals surface area contributed by atoms with Crippen molar-refractivity contribution in [3.63, 3.8) is 0 Å². The lowest BCUT2D eigenvalue weighted by atomic mass is 10.0. The highest BCUT2D eigenvalue weighted by Gasteiger charge is 2.20. The monoisotopic (exact) mass is 395 g/mol. The number of hydrogen-bond acceptors (Lipinski definition) is 5. The van der Waals surface area contributed by atoms with Gasteiger partial charge in [0.05, 0.1) is 6.20 Å². The van der Waals surface area contributed by atoms with Crippen LogP contribution in [0.5, 0.6) is 0 Å². The van der Waals surface area contributed by atoms with Crippen molar-refractivity contribution < 1.29 is 0 Å². The molecule has 2 heterocycles. The molecule has 1 aromatic heterocycles. The molecule has 0 amide bonds. The number of nitrogens with zero attached hydrogens (tertiary/aromatic N) is 4. The Kier molecular flexibility index (Phi) is 4.36. The molecular formula is C19H18BrN5. The fourth-order valence-corrected chi connectivity index (χ4v) is 3.59. The molecule has 4 rings (SSSR count). The van der Waals surface area contributed by atoms with Gasteiger partial charge in [-0.2, -0.15) is 10.1 Å². The molecular weight excluding hydrogens is 378 g/mol. The zero-order chi connectivity index (χ0) is 17.2. The molecule has 1 aliphatic rings. The van der Waals surface area contributed by atoms with Crippen molar-refractivity contribution >= 4 is 39.1 Å². The molecule has 0 unspecified atom stereocenters. The third-order valence-electron chi connectivity index (χ3n) is 4.35. The second-order valence-corrected chi connectivity index (χ2v) is 7.03. The number of rotatable bonds is 3. The Bertz CT molecular complexity index is 912. The van der Waals surface area contributed by atoms with Crippen LogP contribution in [0.1, 0.15) is 17.5 Å². The fraction of sp³-hybridized carbons (Fsp3) is 0.211. The zero-order valence-corrected chi connectivity index (χ0v) is 15.5. The summed E-state index contributed by atoms with van der Waals surface area (Å²) in [5.41, 5.74) is 4.65. The number of aromatic nitrogens is 3.